The number of likely N-dealkylation sites (tertiary alicyclic amines) is 1. The van der Waals surface area contributed by atoms with Gasteiger partial charge in [-0.05, 0) is 50.8 Å². The Morgan fingerprint density at radius 1 is 1.29 bits per heavy atom. The number of nitrogens with two attached hydrogens (primary N) is 1. The van der Waals surface area contributed by atoms with Gasteiger partial charge in [0.2, 0.25) is 0 Å². The quantitative estimate of drug-likeness (QED) is 0.876. The normalized spacial score (nSPS) is 20.4. The molecule has 21 heavy (non-hydrogen) atoms. The van der Waals surface area contributed by atoms with E-state index in [0.29, 0.717) is 12.6 Å². The van der Waals surface area contributed by atoms with Crippen LogP contribution in [0.15, 0.2) is 24.3 Å². The van der Waals surface area contributed by atoms with Gasteiger partial charge in [-0.25, -0.2) is 4.39 Å². The molecule has 2 rings (SSSR count). The maximum atomic E-state index is 13.0. The Morgan fingerprint density at radius 3 is 2.43 bits per heavy atom. The van der Waals surface area contributed by atoms with Crippen molar-refractivity contribution < 1.29 is 9.13 Å². The summed E-state index contributed by atoms with van der Waals surface area (Å²) in [5, 5.41) is 0. The van der Waals surface area contributed by atoms with Crippen molar-refractivity contribution in [3.8, 4) is 0 Å². The van der Waals surface area contributed by atoms with Crippen LogP contribution in [-0.4, -0.2) is 42.8 Å². The van der Waals surface area contributed by atoms with Crippen molar-refractivity contribution in [1.82, 2.24) is 4.90 Å². The predicted molar refractivity (Wildman–Crippen MR) is 83.8 cm³/mol. The topological polar surface area (TPSA) is 38.5 Å². The van der Waals surface area contributed by atoms with Crippen LogP contribution in [0.25, 0.3) is 0 Å². The van der Waals surface area contributed by atoms with Crippen LogP contribution in [0.2, 0.25) is 0 Å². The fourth-order valence-corrected chi connectivity index (χ4v) is 3.15. The second-order valence-electron chi connectivity index (χ2n) is 6.15. The fourth-order valence-electron chi connectivity index (χ4n) is 3.15. The Morgan fingerprint density at radius 2 is 1.90 bits per heavy atom. The number of benzene rings is 1. The molecule has 0 amide bonds. The molecule has 3 nitrogen and oxygen atoms in total. The van der Waals surface area contributed by atoms with Crippen molar-refractivity contribution in [3.05, 3.63) is 35.6 Å². The summed E-state index contributed by atoms with van der Waals surface area (Å²) in [6.07, 6.45) is 3.36. The SMILES string of the molecule is CCOC1CCN(C(C)(CN)Cc2ccc(F)cc2)CC1. The molecule has 1 aliphatic heterocycles. The molecule has 1 fully saturated rings. The molecule has 1 heterocycles. The molecular formula is C17H27FN2O. The molecule has 1 atom stereocenters. The third-order valence-electron chi connectivity index (χ3n) is 4.55. The lowest BCUT2D eigenvalue weighted by atomic mass is 9.88. The first kappa shape index (κ1) is 16.4. The predicted octanol–water partition coefficient (Wildman–Crippen LogP) is 2.59. The van der Waals surface area contributed by atoms with Gasteiger partial charge in [0.05, 0.1) is 6.10 Å². The van der Waals surface area contributed by atoms with Crippen LogP contribution in [0.5, 0.6) is 0 Å². The lowest BCUT2D eigenvalue weighted by Gasteiger charge is -2.44. The van der Waals surface area contributed by atoms with Gasteiger partial charge in [0.15, 0.2) is 0 Å². The Labute approximate surface area is 127 Å². The molecule has 1 unspecified atom stereocenters. The van der Waals surface area contributed by atoms with E-state index >= 15 is 0 Å². The van der Waals surface area contributed by atoms with Crippen LogP contribution in [0.4, 0.5) is 4.39 Å². The standard InChI is InChI=1S/C17H27FN2O/c1-3-21-16-8-10-20(11-9-16)17(2,13-19)12-14-4-6-15(18)7-5-14/h4-7,16H,3,8-13,19H2,1-2H3. The highest BCUT2D eigenvalue weighted by atomic mass is 19.1. The van der Waals surface area contributed by atoms with E-state index in [0.717, 1.165) is 44.5 Å². The number of halogens is 1. The molecule has 0 radical (unpaired) electrons. The van der Waals surface area contributed by atoms with E-state index in [4.69, 9.17) is 10.5 Å². The van der Waals surface area contributed by atoms with E-state index in [1.54, 1.807) is 0 Å². The zero-order valence-electron chi connectivity index (χ0n) is 13.1. The van der Waals surface area contributed by atoms with E-state index in [-0.39, 0.29) is 11.4 Å². The van der Waals surface area contributed by atoms with Crippen molar-refractivity contribution in [1.29, 1.82) is 0 Å². The summed E-state index contributed by atoms with van der Waals surface area (Å²) >= 11 is 0. The Kier molecular flexibility index (Phi) is 5.73. The largest absolute Gasteiger partial charge is 0.378 e. The molecule has 0 bridgehead atoms. The van der Waals surface area contributed by atoms with Crippen molar-refractivity contribution in [2.75, 3.05) is 26.2 Å². The molecule has 0 saturated carbocycles. The molecule has 2 N–H and O–H groups in total. The number of ether oxygens (including phenoxy) is 1. The van der Waals surface area contributed by atoms with Gasteiger partial charge in [-0.3, -0.25) is 4.90 Å². The van der Waals surface area contributed by atoms with E-state index in [9.17, 15) is 4.39 Å². The molecule has 0 aromatic heterocycles. The molecule has 1 aromatic carbocycles. The van der Waals surface area contributed by atoms with Crippen molar-refractivity contribution >= 4 is 0 Å². The van der Waals surface area contributed by atoms with Gasteiger partial charge in [-0.2, -0.15) is 0 Å². The van der Waals surface area contributed by atoms with Crippen LogP contribution in [0.3, 0.4) is 0 Å². The summed E-state index contributed by atoms with van der Waals surface area (Å²) in [5.41, 5.74) is 7.12. The molecule has 0 spiro atoms. The maximum absolute atomic E-state index is 13.0. The van der Waals surface area contributed by atoms with Crippen LogP contribution in [0.1, 0.15) is 32.3 Å². The summed E-state index contributed by atoms with van der Waals surface area (Å²) in [6, 6.07) is 6.76. The zero-order valence-corrected chi connectivity index (χ0v) is 13.1. The Hall–Kier alpha value is -0.970. The number of piperidine rings is 1. The molecular weight excluding hydrogens is 267 g/mol. The minimum Gasteiger partial charge on any atom is -0.378 e. The smallest absolute Gasteiger partial charge is 0.123 e. The van der Waals surface area contributed by atoms with E-state index in [1.165, 1.54) is 12.1 Å². The van der Waals surface area contributed by atoms with E-state index in [2.05, 4.69) is 11.8 Å². The lowest BCUT2D eigenvalue weighted by molar-refractivity contribution is -0.0138. The Balaban J connectivity index is 1.99. The van der Waals surface area contributed by atoms with Crippen molar-refractivity contribution in [2.45, 2.75) is 44.8 Å². The van der Waals surface area contributed by atoms with Gasteiger partial charge < -0.3 is 10.5 Å². The summed E-state index contributed by atoms with van der Waals surface area (Å²) in [7, 11) is 0. The number of nitrogens with zero attached hydrogens (tertiary/aromatic N) is 1. The Bertz CT molecular complexity index is 429. The van der Waals surface area contributed by atoms with Gasteiger partial charge >= 0.3 is 0 Å². The second kappa shape index (κ2) is 7.34. The van der Waals surface area contributed by atoms with Crippen LogP contribution in [-0.2, 0) is 11.2 Å². The summed E-state index contributed by atoms with van der Waals surface area (Å²) in [4.78, 5) is 2.46. The highest BCUT2D eigenvalue weighted by molar-refractivity contribution is 5.19. The van der Waals surface area contributed by atoms with Gasteiger partial charge in [0, 0.05) is 31.8 Å². The monoisotopic (exact) mass is 294 g/mol. The minimum absolute atomic E-state index is 0.0744. The minimum atomic E-state index is -0.189. The third-order valence-corrected chi connectivity index (χ3v) is 4.55. The van der Waals surface area contributed by atoms with Crippen molar-refractivity contribution in [3.63, 3.8) is 0 Å². The summed E-state index contributed by atoms with van der Waals surface area (Å²) < 4.78 is 18.7. The second-order valence-corrected chi connectivity index (χ2v) is 6.15. The number of hydrogen-bond donors (Lipinski definition) is 1. The summed E-state index contributed by atoms with van der Waals surface area (Å²) in [5.74, 6) is -0.189. The first-order chi connectivity index (χ1) is 10.1. The number of rotatable bonds is 6. The molecule has 0 aliphatic carbocycles. The maximum Gasteiger partial charge on any atom is 0.123 e. The van der Waals surface area contributed by atoms with Gasteiger partial charge in [-0.15, -0.1) is 0 Å². The number of hydrogen-bond acceptors (Lipinski definition) is 3. The van der Waals surface area contributed by atoms with Crippen LogP contribution >= 0.6 is 0 Å². The molecule has 1 saturated heterocycles. The van der Waals surface area contributed by atoms with Crippen molar-refractivity contribution in [2.24, 2.45) is 5.73 Å². The van der Waals surface area contributed by atoms with Crippen LogP contribution in [0, 0.1) is 5.82 Å². The highest BCUT2D eigenvalue weighted by Gasteiger charge is 2.33. The molecule has 4 heteroatoms. The average molecular weight is 294 g/mol. The molecule has 1 aliphatic rings. The lowest BCUT2D eigenvalue weighted by Crippen LogP contribution is -2.56. The zero-order chi connectivity index (χ0) is 15.3. The average Bonchev–Trinajstić information content (AvgIpc) is 2.50. The fraction of sp³-hybridized carbons (Fsp3) is 0.647. The van der Waals surface area contributed by atoms with Crippen LogP contribution < -0.4 is 5.73 Å². The molecule has 1 aromatic rings. The van der Waals surface area contributed by atoms with Gasteiger partial charge in [0.1, 0.15) is 5.82 Å². The van der Waals surface area contributed by atoms with Gasteiger partial charge in [0.25, 0.3) is 0 Å². The molecule has 118 valence electrons. The van der Waals surface area contributed by atoms with E-state index in [1.807, 2.05) is 19.1 Å². The first-order valence-corrected chi connectivity index (χ1v) is 7.88. The highest BCUT2D eigenvalue weighted by Crippen LogP contribution is 2.25. The third kappa shape index (κ3) is 4.25. The van der Waals surface area contributed by atoms with E-state index < -0.39 is 0 Å². The summed E-state index contributed by atoms with van der Waals surface area (Å²) in [6.45, 7) is 7.67. The first-order valence-electron chi connectivity index (χ1n) is 7.88. The van der Waals surface area contributed by atoms with Gasteiger partial charge in [-0.1, -0.05) is 12.1 Å².